The van der Waals surface area contributed by atoms with Gasteiger partial charge in [0, 0.05) is 37.4 Å². The van der Waals surface area contributed by atoms with E-state index in [-0.39, 0.29) is 6.04 Å². The first-order valence-corrected chi connectivity index (χ1v) is 9.51. The molecule has 0 N–H and O–H groups in total. The Balaban J connectivity index is 1.76. The maximum atomic E-state index is 12.4. The van der Waals surface area contributed by atoms with Gasteiger partial charge in [-0.3, -0.25) is 4.79 Å². The molecule has 1 amide bonds. The summed E-state index contributed by atoms with van der Waals surface area (Å²) in [6.07, 6.45) is 10.5. The molecule has 2 heterocycles. The van der Waals surface area contributed by atoms with Crippen molar-refractivity contribution < 1.29 is 4.79 Å². The van der Waals surface area contributed by atoms with Crippen LogP contribution in [0.5, 0.6) is 0 Å². The van der Waals surface area contributed by atoms with Gasteiger partial charge >= 0.3 is 0 Å². The summed E-state index contributed by atoms with van der Waals surface area (Å²) in [5.41, 5.74) is 1.36. The van der Waals surface area contributed by atoms with Crippen molar-refractivity contribution in [3.63, 3.8) is 0 Å². The number of aromatic nitrogens is 2. The molecule has 3 rings (SSSR count). The van der Waals surface area contributed by atoms with Crippen molar-refractivity contribution in [2.24, 2.45) is 0 Å². The highest BCUT2D eigenvalue weighted by molar-refractivity contribution is 5.78. The highest BCUT2D eigenvalue weighted by Crippen LogP contribution is 2.31. The summed E-state index contributed by atoms with van der Waals surface area (Å²) in [5, 5.41) is 0. The summed E-state index contributed by atoms with van der Waals surface area (Å²) in [7, 11) is 0. The lowest BCUT2D eigenvalue weighted by Crippen LogP contribution is -2.38. The van der Waals surface area contributed by atoms with Gasteiger partial charge in [0.25, 0.3) is 0 Å². The molecule has 2 aromatic rings. The minimum Gasteiger partial charge on any atom is -0.340 e. The molecule has 1 aliphatic rings. The molecular formula is C21H29N3O. The molecule has 0 spiro atoms. The molecule has 4 heteroatoms. The zero-order valence-corrected chi connectivity index (χ0v) is 15.3. The summed E-state index contributed by atoms with van der Waals surface area (Å²) < 4.78 is 2.20. The Labute approximate surface area is 150 Å². The normalized spacial score (nSPS) is 18.3. The fourth-order valence-electron chi connectivity index (χ4n) is 4.03. The van der Waals surface area contributed by atoms with Gasteiger partial charge in [-0.05, 0) is 37.2 Å². The van der Waals surface area contributed by atoms with Crippen LogP contribution in [-0.2, 0) is 4.79 Å². The first-order valence-electron chi connectivity index (χ1n) is 9.51. The second-order valence-electron chi connectivity index (χ2n) is 7.20. The van der Waals surface area contributed by atoms with E-state index in [1.165, 1.54) is 5.56 Å². The number of imidazole rings is 1. The maximum absolute atomic E-state index is 12.4. The van der Waals surface area contributed by atoms with Gasteiger partial charge in [-0.1, -0.05) is 44.2 Å². The van der Waals surface area contributed by atoms with Gasteiger partial charge < -0.3 is 9.47 Å². The first kappa shape index (κ1) is 17.7. The van der Waals surface area contributed by atoms with Crippen molar-refractivity contribution in [3.05, 3.63) is 54.6 Å². The van der Waals surface area contributed by atoms with Crippen molar-refractivity contribution in [1.29, 1.82) is 0 Å². The molecule has 1 fully saturated rings. The number of rotatable bonds is 8. The van der Waals surface area contributed by atoms with Crippen LogP contribution in [0, 0.1) is 0 Å². The van der Waals surface area contributed by atoms with Gasteiger partial charge in [0.15, 0.2) is 0 Å². The quantitative estimate of drug-likeness (QED) is 0.714. The van der Waals surface area contributed by atoms with Crippen LogP contribution in [0.2, 0.25) is 0 Å². The number of benzene rings is 1. The van der Waals surface area contributed by atoms with Crippen LogP contribution in [0.1, 0.15) is 63.5 Å². The lowest BCUT2D eigenvalue weighted by atomic mass is 9.89. The van der Waals surface area contributed by atoms with Gasteiger partial charge in [0.2, 0.25) is 5.91 Å². The molecule has 0 bridgehead atoms. The molecule has 25 heavy (non-hydrogen) atoms. The molecule has 0 aliphatic carbocycles. The molecule has 3 unspecified atom stereocenters. The average Bonchev–Trinajstić information content (AvgIpc) is 3.31. The van der Waals surface area contributed by atoms with E-state index < -0.39 is 0 Å². The fraction of sp³-hybridized carbons (Fsp3) is 0.524. The Morgan fingerprint density at radius 2 is 1.96 bits per heavy atom. The lowest BCUT2D eigenvalue weighted by molar-refractivity contribution is -0.130. The second kappa shape index (κ2) is 8.32. The Hall–Kier alpha value is -2.10. The molecule has 1 saturated heterocycles. The fourth-order valence-corrected chi connectivity index (χ4v) is 4.03. The number of nitrogens with zero attached hydrogens (tertiary/aromatic N) is 3. The molecule has 0 saturated carbocycles. The Morgan fingerprint density at radius 3 is 2.56 bits per heavy atom. The van der Waals surface area contributed by atoms with E-state index in [4.69, 9.17) is 0 Å². The van der Waals surface area contributed by atoms with Crippen LogP contribution in [0.3, 0.4) is 0 Å². The number of hydrogen-bond acceptors (Lipinski definition) is 2. The molecule has 3 atom stereocenters. The Morgan fingerprint density at radius 1 is 1.16 bits per heavy atom. The monoisotopic (exact) mass is 339 g/mol. The summed E-state index contributed by atoms with van der Waals surface area (Å²) >= 11 is 0. The molecule has 1 aromatic carbocycles. The minimum atomic E-state index is 0.289. The van der Waals surface area contributed by atoms with Crippen molar-refractivity contribution >= 4 is 5.91 Å². The van der Waals surface area contributed by atoms with Crippen LogP contribution in [0.25, 0.3) is 0 Å². The topological polar surface area (TPSA) is 38.1 Å². The van der Waals surface area contributed by atoms with Crippen molar-refractivity contribution in [2.75, 3.05) is 6.54 Å². The third-order valence-electron chi connectivity index (χ3n) is 5.51. The summed E-state index contributed by atoms with van der Waals surface area (Å²) in [6, 6.07) is 11.3. The van der Waals surface area contributed by atoms with Crippen LogP contribution in [0.15, 0.2) is 49.1 Å². The molecule has 0 radical (unpaired) electrons. The van der Waals surface area contributed by atoms with E-state index in [1.807, 2.05) is 18.7 Å². The van der Waals surface area contributed by atoms with Crippen molar-refractivity contribution in [2.45, 2.75) is 64.0 Å². The number of amides is 1. The smallest absolute Gasteiger partial charge is 0.222 e. The van der Waals surface area contributed by atoms with Gasteiger partial charge in [-0.15, -0.1) is 0 Å². The van der Waals surface area contributed by atoms with Crippen LogP contribution < -0.4 is 0 Å². The zero-order chi connectivity index (χ0) is 17.6. The average molecular weight is 339 g/mol. The highest BCUT2D eigenvalue weighted by atomic mass is 16.2. The van der Waals surface area contributed by atoms with E-state index in [0.717, 1.165) is 32.2 Å². The lowest BCUT2D eigenvalue weighted by Gasteiger charge is -2.33. The van der Waals surface area contributed by atoms with Crippen LogP contribution in [-0.4, -0.2) is 32.9 Å². The minimum absolute atomic E-state index is 0.289. The van der Waals surface area contributed by atoms with Crippen LogP contribution in [0.4, 0.5) is 0 Å². The summed E-state index contributed by atoms with van der Waals surface area (Å²) in [6.45, 7) is 5.40. The third-order valence-corrected chi connectivity index (χ3v) is 5.51. The maximum Gasteiger partial charge on any atom is 0.222 e. The summed E-state index contributed by atoms with van der Waals surface area (Å²) in [5.74, 6) is 0.769. The number of carbonyl (C=O) groups is 1. The molecule has 1 aliphatic heterocycles. The van der Waals surface area contributed by atoms with Gasteiger partial charge in [-0.25, -0.2) is 4.98 Å². The molecule has 1 aromatic heterocycles. The Kier molecular flexibility index (Phi) is 5.90. The predicted molar refractivity (Wildman–Crippen MR) is 100 cm³/mol. The van der Waals surface area contributed by atoms with Crippen molar-refractivity contribution in [3.8, 4) is 0 Å². The Bertz CT molecular complexity index is 653. The van der Waals surface area contributed by atoms with E-state index in [2.05, 4.69) is 58.6 Å². The van der Waals surface area contributed by atoms with E-state index >= 15 is 0 Å². The van der Waals surface area contributed by atoms with E-state index in [9.17, 15) is 4.79 Å². The number of hydrogen-bond donors (Lipinski definition) is 0. The standard InChI is InChI=1S/C21H29N3O/c1-3-19(23-13-11-22-16-23)15-20(24-12-7-10-21(24)25)14-17(2)18-8-5-4-6-9-18/h4-6,8-9,11,13,16-17,19-20H,3,7,10,12,14-15H2,1-2H3. The van der Waals surface area contributed by atoms with E-state index in [0.29, 0.717) is 24.3 Å². The second-order valence-corrected chi connectivity index (χ2v) is 7.20. The highest BCUT2D eigenvalue weighted by Gasteiger charge is 2.31. The number of likely N-dealkylation sites (tertiary alicyclic amines) is 1. The molecule has 134 valence electrons. The molecular weight excluding hydrogens is 310 g/mol. The van der Waals surface area contributed by atoms with Gasteiger partial charge in [0.05, 0.1) is 6.33 Å². The largest absolute Gasteiger partial charge is 0.340 e. The molecule has 4 nitrogen and oxygen atoms in total. The SMILES string of the molecule is CCC(CC(CC(C)c1ccccc1)N1CCCC1=O)n1ccnc1. The zero-order valence-electron chi connectivity index (χ0n) is 15.3. The van der Waals surface area contributed by atoms with Gasteiger partial charge in [0.1, 0.15) is 0 Å². The summed E-state index contributed by atoms with van der Waals surface area (Å²) in [4.78, 5) is 18.7. The number of carbonyl (C=O) groups excluding carboxylic acids is 1. The first-order chi connectivity index (χ1) is 12.2. The van der Waals surface area contributed by atoms with E-state index in [1.54, 1.807) is 0 Å². The van der Waals surface area contributed by atoms with Gasteiger partial charge in [-0.2, -0.15) is 0 Å². The predicted octanol–water partition coefficient (Wildman–Crippen LogP) is 4.41. The van der Waals surface area contributed by atoms with Crippen molar-refractivity contribution in [1.82, 2.24) is 14.5 Å². The third kappa shape index (κ3) is 4.30. The van der Waals surface area contributed by atoms with Crippen LogP contribution >= 0.6 is 0 Å².